The summed E-state index contributed by atoms with van der Waals surface area (Å²) < 4.78 is 81.1. The van der Waals surface area contributed by atoms with Gasteiger partial charge in [0.1, 0.15) is 0 Å². The first kappa shape index (κ1) is 17.9. The molecule has 0 aliphatic heterocycles. The van der Waals surface area contributed by atoms with Crippen LogP contribution in [0.1, 0.15) is 0 Å². The topological polar surface area (TPSA) is 86.7 Å². The molecule has 86 valence electrons. The Morgan fingerprint density at radius 1 is 1.27 bits per heavy atom. The van der Waals surface area contributed by atoms with E-state index >= 15 is 0 Å². The van der Waals surface area contributed by atoms with Crippen LogP contribution in [-0.2, 0) is 14.9 Å². The summed E-state index contributed by atoms with van der Waals surface area (Å²) in [5, 5.41) is 2.10. The zero-order valence-corrected chi connectivity index (χ0v) is 10.2. The monoisotopic (exact) mass is 264 g/mol. The van der Waals surface area contributed by atoms with E-state index in [1.807, 2.05) is 0 Å². The van der Waals surface area contributed by atoms with Crippen molar-refractivity contribution in [1.29, 1.82) is 0 Å². The predicted molar refractivity (Wildman–Crippen MR) is 32.6 cm³/mol. The molecule has 0 aromatic carbocycles. The summed E-state index contributed by atoms with van der Waals surface area (Å²) in [6.45, 7) is -2.25. The van der Waals surface area contributed by atoms with Gasteiger partial charge < -0.3 is 14.4 Å². The largest absolute Gasteiger partial charge is 1.00 e. The second kappa shape index (κ2) is 5.75. The fourth-order valence-corrected chi connectivity index (χ4v) is 0.753. The number of hydrogen-bond acceptors (Lipinski definition) is 5. The average Bonchev–Trinajstić information content (AvgIpc) is 1.98. The fraction of sp³-hybridized carbons (Fsp3) is 1.00. The molecular weight excluding hydrogens is 259 g/mol. The van der Waals surface area contributed by atoms with E-state index in [4.69, 9.17) is 5.11 Å². The molecule has 0 rings (SSSR count). The molecule has 0 aliphatic carbocycles. The van der Waals surface area contributed by atoms with Gasteiger partial charge in [-0.25, -0.2) is 8.42 Å². The minimum atomic E-state index is -6.53. The van der Waals surface area contributed by atoms with Crippen LogP contribution in [0.4, 0.5) is 17.6 Å². The molecular formula is C4H5F4NaO5S. The summed E-state index contributed by atoms with van der Waals surface area (Å²) >= 11 is 0. The van der Waals surface area contributed by atoms with Crippen molar-refractivity contribution in [2.24, 2.45) is 0 Å². The van der Waals surface area contributed by atoms with Crippen molar-refractivity contribution in [1.82, 2.24) is 0 Å². The van der Waals surface area contributed by atoms with Gasteiger partial charge in [-0.15, -0.1) is 0 Å². The van der Waals surface area contributed by atoms with Crippen molar-refractivity contribution in [3.05, 3.63) is 0 Å². The summed E-state index contributed by atoms with van der Waals surface area (Å²) in [7, 11) is -6.53. The molecule has 0 atom stereocenters. The third kappa shape index (κ3) is 4.13. The van der Waals surface area contributed by atoms with Crippen LogP contribution in [0.5, 0.6) is 0 Å². The number of aliphatic hydroxyl groups is 1. The summed E-state index contributed by atoms with van der Waals surface area (Å²) in [6, 6.07) is 0. The normalized spacial score (nSPS) is 13.5. The van der Waals surface area contributed by atoms with E-state index in [0.29, 0.717) is 0 Å². The summed E-state index contributed by atoms with van der Waals surface area (Å²) in [4.78, 5) is 0. The number of alkyl halides is 4. The van der Waals surface area contributed by atoms with Crippen LogP contribution in [-0.4, -0.2) is 42.7 Å². The van der Waals surface area contributed by atoms with Crippen LogP contribution in [0.15, 0.2) is 0 Å². The van der Waals surface area contributed by atoms with Crippen molar-refractivity contribution < 1.29 is 69.9 Å². The maximum Gasteiger partial charge on any atom is 1.00 e. The van der Waals surface area contributed by atoms with E-state index in [-0.39, 0.29) is 29.6 Å². The van der Waals surface area contributed by atoms with E-state index in [9.17, 15) is 30.5 Å². The molecule has 0 aromatic rings. The molecule has 0 saturated heterocycles. The maximum absolute atomic E-state index is 12.2. The fourth-order valence-electron chi connectivity index (χ4n) is 0.403. The third-order valence-electron chi connectivity index (χ3n) is 1.03. The number of rotatable bonds is 5. The van der Waals surface area contributed by atoms with Crippen LogP contribution >= 0.6 is 0 Å². The molecule has 0 unspecified atom stereocenters. The van der Waals surface area contributed by atoms with Crippen LogP contribution in [0, 0.1) is 0 Å². The Labute approximate surface area is 104 Å². The van der Waals surface area contributed by atoms with Crippen molar-refractivity contribution in [3.8, 4) is 0 Å². The minimum absolute atomic E-state index is 0. The molecule has 0 saturated carbocycles. The summed E-state index contributed by atoms with van der Waals surface area (Å²) in [5.41, 5.74) is 0. The standard InChI is InChI=1S/C4H6F4O5S.Na/c5-3(6,13-2-1-9)4(7,8)14(10,11)12;/h9H,1-2H2,(H,10,11,12);/q;+1/p-1. The van der Waals surface area contributed by atoms with Gasteiger partial charge in [-0.3, -0.25) is 0 Å². The van der Waals surface area contributed by atoms with Gasteiger partial charge in [0.2, 0.25) is 0 Å². The van der Waals surface area contributed by atoms with Gasteiger partial charge >= 0.3 is 40.9 Å². The Morgan fingerprint density at radius 3 is 1.93 bits per heavy atom. The second-order valence-corrected chi connectivity index (χ2v) is 3.48. The Balaban J connectivity index is 0. The number of hydrogen-bond donors (Lipinski definition) is 1. The molecule has 0 amide bonds. The quantitative estimate of drug-likeness (QED) is 0.320. The van der Waals surface area contributed by atoms with E-state index in [2.05, 4.69) is 4.74 Å². The molecule has 0 fully saturated rings. The van der Waals surface area contributed by atoms with Gasteiger partial charge in [0, 0.05) is 0 Å². The Morgan fingerprint density at radius 2 is 1.67 bits per heavy atom. The van der Waals surface area contributed by atoms with Crippen LogP contribution in [0.2, 0.25) is 0 Å². The number of halogens is 4. The molecule has 5 nitrogen and oxygen atoms in total. The van der Waals surface area contributed by atoms with E-state index in [0.717, 1.165) is 0 Å². The Kier molecular flexibility index (Phi) is 6.88. The van der Waals surface area contributed by atoms with Gasteiger partial charge in [-0.05, 0) is 0 Å². The van der Waals surface area contributed by atoms with Gasteiger partial charge in [0.15, 0.2) is 10.1 Å². The van der Waals surface area contributed by atoms with E-state index in [1.54, 1.807) is 0 Å². The predicted octanol–water partition coefficient (Wildman–Crippen LogP) is -3.27. The molecule has 11 heteroatoms. The maximum atomic E-state index is 12.2. The molecule has 0 aliphatic rings. The molecule has 0 bridgehead atoms. The number of aliphatic hydroxyl groups excluding tert-OH is 1. The molecule has 0 radical (unpaired) electrons. The second-order valence-electron chi connectivity index (χ2n) is 2.06. The van der Waals surface area contributed by atoms with E-state index < -0.39 is 34.7 Å². The number of ether oxygens (including phenoxy) is 1. The third-order valence-corrected chi connectivity index (χ3v) is 1.89. The molecule has 0 aromatic heterocycles. The summed E-state index contributed by atoms with van der Waals surface area (Å²) in [6.07, 6.45) is -5.46. The zero-order chi connectivity index (χ0) is 11.6. The SMILES string of the molecule is O=S(=O)([O-])C(F)(F)C(F)(F)OCCO.[Na+]. The zero-order valence-electron chi connectivity index (χ0n) is 7.41. The van der Waals surface area contributed by atoms with Crippen molar-refractivity contribution in [2.45, 2.75) is 11.4 Å². The molecule has 0 heterocycles. The first-order valence-corrected chi connectivity index (χ1v) is 4.43. The summed E-state index contributed by atoms with van der Waals surface area (Å²) in [5.74, 6) is 0. The Hall–Kier alpha value is 0.550. The van der Waals surface area contributed by atoms with Crippen molar-refractivity contribution in [2.75, 3.05) is 13.2 Å². The van der Waals surface area contributed by atoms with Gasteiger partial charge in [-0.2, -0.15) is 17.6 Å². The first-order chi connectivity index (χ1) is 6.06. The van der Waals surface area contributed by atoms with Gasteiger partial charge in [0.05, 0.1) is 13.2 Å². The van der Waals surface area contributed by atoms with E-state index in [1.165, 1.54) is 0 Å². The molecule has 1 N–H and O–H groups in total. The van der Waals surface area contributed by atoms with Crippen LogP contribution in [0.25, 0.3) is 0 Å². The van der Waals surface area contributed by atoms with Crippen molar-refractivity contribution in [3.63, 3.8) is 0 Å². The van der Waals surface area contributed by atoms with Crippen LogP contribution < -0.4 is 29.6 Å². The van der Waals surface area contributed by atoms with Crippen molar-refractivity contribution >= 4 is 10.1 Å². The molecule has 0 spiro atoms. The first-order valence-electron chi connectivity index (χ1n) is 3.02. The van der Waals surface area contributed by atoms with Crippen LogP contribution in [0.3, 0.4) is 0 Å². The minimum Gasteiger partial charge on any atom is -0.743 e. The Bertz CT molecular complexity index is 291. The van der Waals surface area contributed by atoms with Gasteiger partial charge in [0.25, 0.3) is 0 Å². The smallest absolute Gasteiger partial charge is 0.743 e. The van der Waals surface area contributed by atoms with Gasteiger partial charge in [-0.1, -0.05) is 0 Å². The average molecular weight is 264 g/mol. The molecule has 15 heavy (non-hydrogen) atoms.